The number of rotatable bonds is 5. The molecule has 0 N–H and O–H groups in total. The van der Waals surface area contributed by atoms with Crippen molar-refractivity contribution in [1.29, 1.82) is 0 Å². The molecule has 3 rings (SSSR count). The van der Waals surface area contributed by atoms with Crippen LogP contribution in [-0.2, 0) is 30.1 Å². The Labute approximate surface area is 173 Å². The van der Waals surface area contributed by atoms with Crippen LogP contribution in [0.2, 0.25) is 0 Å². The van der Waals surface area contributed by atoms with Crippen LogP contribution in [0.3, 0.4) is 0 Å². The molecule has 8 heteroatoms. The molecule has 160 valence electrons. The first-order valence-corrected chi connectivity index (χ1v) is 11.8. The minimum absolute atomic E-state index is 0.00701. The normalized spacial score (nSPS) is 19.9. The number of likely N-dealkylation sites (tertiary alicyclic amines) is 1. The Hall–Kier alpha value is -1.93. The quantitative estimate of drug-likeness (QED) is 0.677. The zero-order valence-corrected chi connectivity index (χ0v) is 18.0. The molecule has 2 saturated heterocycles. The molecule has 2 aliphatic heterocycles. The van der Waals surface area contributed by atoms with Crippen molar-refractivity contribution in [1.82, 2.24) is 9.21 Å². The minimum atomic E-state index is -3.39. The standard InChI is InChI=1S/C21H30N2O5S/c1-16-3-5-17(6-4-16)15-29(26,27)23-13-9-18(10-14-23)20(24)22-11-7-19(8-12-22)21(25)28-2/h3-6,18-19H,7-15H2,1-2H3. The van der Waals surface area contributed by atoms with E-state index >= 15 is 0 Å². The molecule has 0 aliphatic carbocycles. The summed E-state index contributed by atoms with van der Waals surface area (Å²) < 4.78 is 31.8. The van der Waals surface area contributed by atoms with Crippen molar-refractivity contribution in [3.63, 3.8) is 0 Å². The molecule has 0 aromatic heterocycles. The average molecular weight is 423 g/mol. The second kappa shape index (κ2) is 9.26. The first-order valence-electron chi connectivity index (χ1n) is 10.2. The number of nitrogens with zero attached hydrogens (tertiary/aromatic N) is 2. The molecule has 0 unspecified atom stereocenters. The Morgan fingerprint density at radius 3 is 2.07 bits per heavy atom. The van der Waals surface area contributed by atoms with E-state index in [0.29, 0.717) is 51.9 Å². The summed E-state index contributed by atoms with van der Waals surface area (Å²) in [5, 5.41) is 0. The zero-order chi connectivity index (χ0) is 21.0. The minimum Gasteiger partial charge on any atom is -0.469 e. The summed E-state index contributed by atoms with van der Waals surface area (Å²) in [5.74, 6) is -0.395. The Balaban J connectivity index is 1.50. The van der Waals surface area contributed by atoms with E-state index in [1.807, 2.05) is 36.1 Å². The Morgan fingerprint density at radius 1 is 0.966 bits per heavy atom. The second-order valence-electron chi connectivity index (χ2n) is 8.04. The maximum absolute atomic E-state index is 12.8. The number of hydrogen-bond donors (Lipinski definition) is 0. The van der Waals surface area contributed by atoms with Crippen LogP contribution in [0, 0.1) is 18.8 Å². The summed E-state index contributed by atoms with van der Waals surface area (Å²) in [6, 6.07) is 7.53. The lowest BCUT2D eigenvalue weighted by Crippen LogP contribution is -2.47. The lowest BCUT2D eigenvalue weighted by molar-refractivity contribution is -0.149. The molecular formula is C21H30N2O5S. The molecule has 7 nitrogen and oxygen atoms in total. The van der Waals surface area contributed by atoms with Crippen LogP contribution >= 0.6 is 0 Å². The molecule has 2 heterocycles. The summed E-state index contributed by atoms with van der Waals surface area (Å²) in [7, 11) is -2.00. The number of amides is 1. The van der Waals surface area contributed by atoms with Crippen LogP contribution in [0.4, 0.5) is 0 Å². The summed E-state index contributed by atoms with van der Waals surface area (Å²) in [5.41, 5.74) is 1.88. The molecule has 1 aromatic rings. The fraction of sp³-hybridized carbons (Fsp3) is 0.619. The second-order valence-corrected chi connectivity index (χ2v) is 10.0. The highest BCUT2D eigenvalue weighted by Crippen LogP contribution is 2.26. The van der Waals surface area contributed by atoms with E-state index in [2.05, 4.69) is 0 Å². The number of carbonyl (C=O) groups excluding carboxylic acids is 2. The largest absolute Gasteiger partial charge is 0.469 e. The van der Waals surface area contributed by atoms with E-state index in [0.717, 1.165) is 11.1 Å². The van der Waals surface area contributed by atoms with E-state index in [9.17, 15) is 18.0 Å². The van der Waals surface area contributed by atoms with E-state index in [4.69, 9.17) is 4.74 Å². The van der Waals surface area contributed by atoms with E-state index in [1.54, 1.807) is 0 Å². The number of benzene rings is 1. The first-order chi connectivity index (χ1) is 13.8. The first kappa shape index (κ1) is 21.8. The van der Waals surface area contributed by atoms with Gasteiger partial charge in [0, 0.05) is 32.1 Å². The smallest absolute Gasteiger partial charge is 0.308 e. The van der Waals surface area contributed by atoms with Gasteiger partial charge < -0.3 is 9.64 Å². The molecule has 29 heavy (non-hydrogen) atoms. The number of piperidine rings is 2. The molecule has 2 aliphatic rings. The van der Waals surface area contributed by atoms with Gasteiger partial charge in [0.2, 0.25) is 15.9 Å². The predicted molar refractivity (Wildman–Crippen MR) is 109 cm³/mol. The Morgan fingerprint density at radius 2 is 1.52 bits per heavy atom. The van der Waals surface area contributed by atoms with Gasteiger partial charge in [-0.05, 0) is 38.2 Å². The molecule has 0 bridgehead atoms. The van der Waals surface area contributed by atoms with E-state index < -0.39 is 10.0 Å². The van der Waals surface area contributed by atoms with Gasteiger partial charge in [-0.2, -0.15) is 0 Å². The van der Waals surface area contributed by atoms with Crippen molar-refractivity contribution in [3.8, 4) is 0 Å². The van der Waals surface area contributed by atoms with Gasteiger partial charge in [0.05, 0.1) is 18.8 Å². The van der Waals surface area contributed by atoms with Gasteiger partial charge in [-0.3, -0.25) is 9.59 Å². The average Bonchev–Trinajstić information content (AvgIpc) is 2.74. The van der Waals surface area contributed by atoms with Crippen molar-refractivity contribution in [3.05, 3.63) is 35.4 Å². The van der Waals surface area contributed by atoms with Crippen LogP contribution in [0.1, 0.15) is 36.8 Å². The van der Waals surface area contributed by atoms with Crippen LogP contribution in [0.5, 0.6) is 0 Å². The third kappa shape index (κ3) is 5.36. The highest BCUT2D eigenvalue weighted by molar-refractivity contribution is 7.88. The van der Waals surface area contributed by atoms with Crippen LogP contribution in [0.25, 0.3) is 0 Å². The van der Waals surface area contributed by atoms with Gasteiger partial charge in [-0.1, -0.05) is 29.8 Å². The van der Waals surface area contributed by atoms with E-state index in [1.165, 1.54) is 11.4 Å². The number of esters is 1. The number of ether oxygens (including phenoxy) is 1. The lowest BCUT2D eigenvalue weighted by Gasteiger charge is -2.36. The molecule has 1 amide bonds. The van der Waals surface area contributed by atoms with E-state index in [-0.39, 0.29) is 29.5 Å². The lowest BCUT2D eigenvalue weighted by atomic mass is 9.92. The maximum atomic E-state index is 12.8. The fourth-order valence-corrected chi connectivity index (χ4v) is 5.69. The van der Waals surface area contributed by atoms with Crippen molar-refractivity contribution in [2.24, 2.45) is 11.8 Å². The highest BCUT2D eigenvalue weighted by atomic mass is 32.2. The van der Waals surface area contributed by atoms with Crippen molar-refractivity contribution < 1.29 is 22.7 Å². The molecule has 0 radical (unpaired) electrons. The SMILES string of the molecule is COC(=O)C1CCN(C(=O)C2CCN(S(=O)(=O)Cc3ccc(C)cc3)CC2)CC1. The fourth-order valence-electron chi connectivity index (χ4n) is 4.13. The number of carbonyl (C=O) groups is 2. The highest BCUT2D eigenvalue weighted by Gasteiger charge is 2.35. The monoisotopic (exact) mass is 422 g/mol. The summed E-state index contributed by atoms with van der Waals surface area (Å²) in [6.45, 7) is 3.85. The van der Waals surface area contributed by atoms with Crippen molar-refractivity contribution in [2.45, 2.75) is 38.4 Å². The van der Waals surface area contributed by atoms with Crippen molar-refractivity contribution >= 4 is 21.9 Å². The number of aryl methyl sites for hydroxylation is 1. The topological polar surface area (TPSA) is 84.0 Å². The molecule has 0 saturated carbocycles. The zero-order valence-electron chi connectivity index (χ0n) is 17.2. The maximum Gasteiger partial charge on any atom is 0.308 e. The van der Waals surface area contributed by atoms with Gasteiger partial charge in [-0.15, -0.1) is 0 Å². The van der Waals surface area contributed by atoms with Gasteiger partial charge in [0.1, 0.15) is 0 Å². The molecule has 0 spiro atoms. The van der Waals surface area contributed by atoms with Crippen molar-refractivity contribution in [2.75, 3.05) is 33.3 Å². The van der Waals surface area contributed by atoms with Crippen LogP contribution < -0.4 is 0 Å². The van der Waals surface area contributed by atoms with Crippen LogP contribution in [0.15, 0.2) is 24.3 Å². The predicted octanol–water partition coefficient (Wildman–Crippen LogP) is 1.95. The third-order valence-electron chi connectivity index (χ3n) is 6.01. The molecular weight excluding hydrogens is 392 g/mol. The number of methoxy groups -OCH3 is 1. The summed E-state index contributed by atoms with van der Waals surface area (Å²) in [4.78, 5) is 26.3. The number of hydrogen-bond acceptors (Lipinski definition) is 5. The molecule has 0 atom stereocenters. The van der Waals surface area contributed by atoms with Gasteiger partial charge in [-0.25, -0.2) is 12.7 Å². The Kier molecular flexibility index (Phi) is 6.95. The Bertz CT molecular complexity index is 821. The molecule has 1 aromatic carbocycles. The molecule has 2 fully saturated rings. The van der Waals surface area contributed by atoms with Gasteiger partial charge in [0.15, 0.2) is 0 Å². The summed E-state index contributed by atoms with van der Waals surface area (Å²) in [6.07, 6.45) is 2.34. The van der Waals surface area contributed by atoms with Gasteiger partial charge in [0.25, 0.3) is 0 Å². The van der Waals surface area contributed by atoms with Gasteiger partial charge >= 0.3 is 5.97 Å². The summed E-state index contributed by atoms with van der Waals surface area (Å²) >= 11 is 0. The number of sulfonamides is 1. The third-order valence-corrected chi connectivity index (χ3v) is 7.86. The van der Waals surface area contributed by atoms with Crippen LogP contribution in [-0.4, -0.2) is 62.8 Å².